The van der Waals surface area contributed by atoms with Crippen LogP contribution in [0, 0.1) is 11.8 Å². The molecule has 0 spiro atoms. The maximum absolute atomic E-state index is 12.4. The minimum atomic E-state index is -0.0441. The molecule has 0 aromatic rings. The lowest BCUT2D eigenvalue weighted by atomic mass is 9.92. The Kier molecular flexibility index (Phi) is 4.97. The molecule has 2 aliphatic rings. The van der Waals surface area contributed by atoms with Gasteiger partial charge in [0.25, 0.3) is 0 Å². The SMILES string of the molecule is CC1CC(C)CN(C(=O)CN2CCCCC2C=O)C1. The summed E-state index contributed by atoms with van der Waals surface area (Å²) in [6.07, 6.45) is 5.33. The quantitative estimate of drug-likeness (QED) is 0.728. The van der Waals surface area contributed by atoms with Crippen molar-refractivity contribution in [2.24, 2.45) is 11.8 Å². The summed E-state index contributed by atoms with van der Waals surface area (Å²) < 4.78 is 0. The summed E-state index contributed by atoms with van der Waals surface area (Å²) in [5.41, 5.74) is 0. The Morgan fingerprint density at radius 2 is 1.89 bits per heavy atom. The van der Waals surface area contributed by atoms with Crippen LogP contribution in [0.5, 0.6) is 0 Å². The molecule has 0 radical (unpaired) electrons. The molecule has 3 unspecified atom stereocenters. The molecule has 0 bridgehead atoms. The van der Waals surface area contributed by atoms with E-state index >= 15 is 0 Å². The molecule has 19 heavy (non-hydrogen) atoms. The van der Waals surface area contributed by atoms with Crippen molar-refractivity contribution in [1.82, 2.24) is 9.80 Å². The second kappa shape index (κ2) is 6.51. The third-order valence-corrected chi connectivity index (χ3v) is 4.38. The van der Waals surface area contributed by atoms with Gasteiger partial charge >= 0.3 is 0 Å². The largest absolute Gasteiger partial charge is 0.341 e. The van der Waals surface area contributed by atoms with E-state index in [1.807, 2.05) is 4.90 Å². The van der Waals surface area contributed by atoms with Gasteiger partial charge in [0.2, 0.25) is 5.91 Å². The van der Waals surface area contributed by atoms with Gasteiger partial charge in [-0.2, -0.15) is 0 Å². The number of hydrogen-bond acceptors (Lipinski definition) is 3. The molecule has 2 saturated heterocycles. The van der Waals surface area contributed by atoms with Gasteiger partial charge in [0, 0.05) is 13.1 Å². The Bertz CT molecular complexity index is 322. The van der Waals surface area contributed by atoms with Crippen LogP contribution in [-0.2, 0) is 9.59 Å². The Labute approximate surface area is 116 Å². The van der Waals surface area contributed by atoms with Gasteiger partial charge in [-0.3, -0.25) is 9.69 Å². The molecule has 4 heteroatoms. The molecule has 2 fully saturated rings. The summed E-state index contributed by atoms with van der Waals surface area (Å²) in [6, 6.07) is -0.0441. The summed E-state index contributed by atoms with van der Waals surface area (Å²) >= 11 is 0. The highest BCUT2D eigenvalue weighted by molar-refractivity contribution is 5.79. The van der Waals surface area contributed by atoms with E-state index in [4.69, 9.17) is 0 Å². The number of nitrogens with zero attached hydrogens (tertiary/aromatic N) is 2. The second-order valence-corrected chi connectivity index (χ2v) is 6.41. The third kappa shape index (κ3) is 3.78. The predicted octanol–water partition coefficient (Wildman–Crippen LogP) is 1.54. The summed E-state index contributed by atoms with van der Waals surface area (Å²) in [7, 11) is 0. The topological polar surface area (TPSA) is 40.6 Å². The first-order valence-corrected chi connectivity index (χ1v) is 7.57. The third-order valence-electron chi connectivity index (χ3n) is 4.38. The van der Waals surface area contributed by atoms with E-state index in [0.29, 0.717) is 18.4 Å². The fraction of sp³-hybridized carbons (Fsp3) is 0.867. The minimum Gasteiger partial charge on any atom is -0.341 e. The zero-order valence-electron chi connectivity index (χ0n) is 12.2. The van der Waals surface area contributed by atoms with Crippen LogP contribution in [0.15, 0.2) is 0 Å². The van der Waals surface area contributed by atoms with Crippen LogP contribution in [0.25, 0.3) is 0 Å². The van der Waals surface area contributed by atoms with Crippen molar-refractivity contribution < 1.29 is 9.59 Å². The second-order valence-electron chi connectivity index (χ2n) is 6.41. The summed E-state index contributed by atoms with van der Waals surface area (Å²) in [4.78, 5) is 27.5. The van der Waals surface area contributed by atoms with Crippen LogP contribution < -0.4 is 0 Å². The number of hydrogen-bond donors (Lipinski definition) is 0. The van der Waals surface area contributed by atoms with Crippen LogP contribution in [-0.4, -0.2) is 54.2 Å². The molecule has 3 atom stereocenters. The van der Waals surface area contributed by atoms with Gasteiger partial charge in [-0.15, -0.1) is 0 Å². The van der Waals surface area contributed by atoms with Gasteiger partial charge < -0.3 is 9.69 Å². The standard InChI is InChI=1S/C15H26N2O2/c1-12-7-13(2)9-17(8-12)15(19)10-16-6-4-3-5-14(16)11-18/h11-14H,3-10H2,1-2H3. The Morgan fingerprint density at radius 3 is 2.53 bits per heavy atom. The number of rotatable bonds is 3. The maximum Gasteiger partial charge on any atom is 0.236 e. The van der Waals surface area contributed by atoms with Crippen molar-refractivity contribution in [1.29, 1.82) is 0 Å². The molecule has 4 nitrogen and oxygen atoms in total. The lowest BCUT2D eigenvalue weighted by Gasteiger charge is -2.38. The normalized spacial score (nSPS) is 33.2. The number of carbonyl (C=O) groups excluding carboxylic acids is 2. The number of carbonyl (C=O) groups is 2. The minimum absolute atomic E-state index is 0.0441. The lowest BCUT2D eigenvalue weighted by molar-refractivity contribution is -0.136. The van der Waals surface area contributed by atoms with E-state index in [0.717, 1.165) is 45.2 Å². The van der Waals surface area contributed by atoms with Crippen LogP contribution in [0.3, 0.4) is 0 Å². The van der Waals surface area contributed by atoms with Crippen molar-refractivity contribution in [2.75, 3.05) is 26.2 Å². The highest BCUT2D eigenvalue weighted by atomic mass is 16.2. The number of aldehydes is 1. The molecule has 0 aromatic carbocycles. The Morgan fingerprint density at radius 1 is 1.21 bits per heavy atom. The van der Waals surface area contributed by atoms with Crippen LogP contribution >= 0.6 is 0 Å². The molecular weight excluding hydrogens is 240 g/mol. The van der Waals surface area contributed by atoms with E-state index in [9.17, 15) is 9.59 Å². The molecule has 0 saturated carbocycles. The molecular formula is C15H26N2O2. The maximum atomic E-state index is 12.4. The fourth-order valence-corrected chi connectivity index (χ4v) is 3.51. The summed E-state index contributed by atoms with van der Waals surface area (Å²) in [5.74, 6) is 1.39. The highest BCUT2D eigenvalue weighted by Gasteiger charge is 2.29. The molecule has 0 N–H and O–H groups in total. The number of amides is 1. The molecule has 2 aliphatic heterocycles. The van der Waals surface area contributed by atoms with Crippen molar-refractivity contribution in [3.05, 3.63) is 0 Å². The van der Waals surface area contributed by atoms with E-state index in [-0.39, 0.29) is 11.9 Å². The van der Waals surface area contributed by atoms with Gasteiger partial charge in [-0.25, -0.2) is 0 Å². The molecule has 1 amide bonds. The molecule has 2 rings (SSSR count). The van der Waals surface area contributed by atoms with E-state index in [2.05, 4.69) is 18.7 Å². The Hall–Kier alpha value is -0.900. The smallest absolute Gasteiger partial charge is 0.236 e. The Balaban J connectivity index is 1.90. The predicted molar refractivity (Wildman–Crippen MR) is 74.8 cm³/mol. The molecule has 2 heterocycles. The van der Waals surface area contributed by atoms with Crippen molar-refractivity contribution in [2.45, 2.75) is 45.6 Å². The first kappa shape index (κ1) is 14.5. The zero-order valence-corrected chi connectivity index (χ0v) is 12.2. The van der Waals surface area contributed by atoms with Gasteiger partial charge in [0.15, 0.2) is 0 Å². The summed E-state index contributed by atoms with van der Waals surface area (Å²) in [6.45, 7) is 7.48. The number of piperidine rings is 2. The van der Waals surface area contributed by atoms with Crippen molar-refractivity contribution in [3.63, 3.8) is 0 Å². The van der Waals surface area contributed by atoms with E-state index in [1.165, 1.54) is 6.42 Å². The summed E-state index contributed by atoms with van der Waals surface area (Å²) in [5, 5.41) is 0. The van der Waals surface area contributed by atoms with Crippen LogP contribution in [0.1, 0.15) is 39.5 Å². The number of likely N-dealkylation sites (tertiary alicyclic amines) is 2. The van der Waals surface area contributed by atoms with Gasteiger partial charge in [-0.05, 0) is 37.6 Å². The van der Waals surface area contributed by atoms with E-state index in [1.54, 1.807) is 0 Å². The van der Waals surface area contributed by atoms with Gasteiger partial charge in [0.1, 0.15) is 6.29 Å². The average Bonchev–Trinajstić information content (AvgIpc) is 2.38. The van der Waals surface area contributed by atoms with Crippen LogP contribution in [0.2, 0.25) is 0 Å². The van der Waals surface area contributed by atoms with Crippen LogP contribution in [0.4, 0.5) is 0 Å². The van der Waals surface area contributed by atoms with Gasteiger partial charge in [-0.1, -0.05) is 20.3 Å². The first-order chi connectivity index (χ1) is 9.10. The monoisotopic (exact) mass is 266 g/mol. The molecule has 0 aromatic heterocycles. The fourth-order valence-electron chi connectivity index (χ4n) is 3.51. The lowest BCUT2D eigenvalue weighted by Crippen LogP contribution is -2.50. The first-order valence-electron chi connectivity index (χ1n) is 7.57. The van der Waals surface area contributed by atoms with Crippen molar-refractivity contribution >= 4 is 12.2 Å². The highest BCUT2D eigenvalue weighted by Crippen LogP contribution is 2.22. The molecule has 108 valence electrons. The average molecular weight is 266 g/mol. The van der Waals surface area contributed by atoms with E-state index < -0.39 is 0 Å². The zero-order chi connectivity index (χ0) is 13.8. The van der Waals surface area contributed by atoms with Gasteiger partial charge in [0.05, 0.1) is 12.6 Å². The molecule has 0 aliphatic carbocycles. The van der Waals surface area contributed by atoms with Crippen molar-refractivity contribution in [3.8, 4) is 0 Å².